The highest BCUT2D eigenvalue weighted by Gasteiger charge is 2.02. The lowest BCUT2D eigenvalue weighted by Crippen LogP contribution is -2.02. The van der Waals surface area contributed by atoms with E-state index in [2.05, 4.69) is 18.5 Å². The molecule has 0 aromatic heterocycles. The van der Waals surface area contributed by atoms with Crippen LogP contribution in [0.2, 0.25) is 5.02 Å². The van der Waals surface area contributed by atoms with Crippen LogP contribution in [0.4, 0.5) is 5.69 Å². The van der Waals surface area contributed by atoms with Gasteiger partial charge in [-0.1, -0.05) is 18.5 Å². The minimum absolute atomic E-state index is 0.678. The fourth-order valence-electron chi connectivity index (χ4n) is 1.54. The fraction of sp³-hybridized carbons (Fsp3) is 0.571. The van der Waals surface area contributed by atoms with Crippen LogP contribution < -0.4 is 10.1 Å². The summed E-state index contributed by atoms with van der Waals surface area (Å²) in [5, 5.41) is 4.06. The summed E-state index contributed by atoms with van der Waals surface area (Å²) < 4.78 is 5.54. The van der Waals surface area contributed by atoms with Gasteiger partial charge < -0.3 is 10.1 Å². The van der Waals surface area contributed by atoms with Crippen LogP contribution in [0.5, 0.6) is 5.75 Å². The first-order valence-corrected chi connectivity index (χ1v) is 8.20. The van der Waals surface area contributed by atoms with Gasteiger partial charge in [0.05, 0.1) is 11.6 Å². The quantitative estimate of drug-likeness (QED) is 0.666. The molecule has 0 atom stereocenters. The molecule has 0 spiro atoms. The van der Waals surface area contributed by atoms with Crippen molar-refractivity contribution in [2.75, 3.05) is 30.5 Å². The van der Waals surface area contributed by atoms with Gasteiger partial charge in [0, 0.05) is 12.2 Å². The predicted octanol–water partition coefficient (Wildman–Crippen LogP) is 4.68. The molecule has 18 heavy (non-hydrogen) atoms. The molecule has 1 aromatic rings. The van der Waals surface area contributed by atoms with Gasteiger partial charge in [0.2, 0.25) is 0 Å². The number of benzene rings is 1. The number of anilines is 1. The molecule has 0 saturated heterocycles. The number of ether oxygens (including phenoxy) is 1. The lowest BCUT2D eigenvalue weighted by molar-refractivity contribution is 0.317. The van der Waals surface area contributed by atoms with Crippen molar-refractivity contribution in [2.24, 2.45) is 0 Å². The molecular weight excluding hydrogens is 266 g/mol. The van der Waals surface area contributed by atoms with Gasteiger partial charge >= 0.3 is 0 Å². The number of thioether (sulfide) groups is 1. The van der Waals surface area contributed by atoms with Gasteiger partial charge in [-0.05, 0) is 49.5 Å². The van der Waals surface area contributed by atoms with E-state index < -0.39 is 0 Å². The molecule has 102 valence electrons. The summed E-state index contributed by atoms with van der Waals surface area (Å²) in [6.07, 6.45) is 5.57. The molecule has 1 rings (SSSR count). The molecule has 2 nitrogen and oxygen atoms in total. The third kappa shape index (κ3) is 5.87. The molecule has 0 amide bonds. The first kappa shape index (κ1) is 15.5. The fourth-order valence-corrected chi connectivity index (χ4v) is 2.27. The predicted molar refractivity (Wildman–Crippen MR) is 83.3 cm³/mol. The summed E-state index contributed by atoms with van der Waals surface area (Å²) in [6, 6.07) is 5.88. The Labute approximate surface area is 119 Å². The van der Waals surface area contributed by atoms with Crippen molar-refractivity contribution >= 4 is 29.1 Å². The highest BCUT2D eigenvalue weighted by atomic mass is 35.5. The molecule has 0 aliphatic rings. The maximum atomic E-state index is 6.16. The Bertz CT molecular complexity index is 347. The highest BCUT2D eigenvalue weighted by molar-refractivity contribution is 7.98. The van der Waals surface area contributed by atoms with Crippen LogP contribution >= 0.6 is 23.4 Å². The third-order valence-electron chi connectivity index (χ3n) is 2.50. The number of unbranched alkanes of at least 4 members (excludes halogenated alkanes) is 1. The van der Waals surface area contributed by atoms with E-state index in [1.165, 1.54) is 18.6 Å². The summed E-state index contributed by atoms with van der Waals surface area (Å²) in [6.45, 7) is 3.78. The minimum Gasteiger partial charge on any atom is -0.492 e. The van der Waals surface area contributed by atoms with Crippen molar-refractivity contribution in [1.82, 2.24) is 0 Å². The van der Waals surface area contributed by atoms with E-state index in [1.54, 1.807) is 0 Å². The zero-order valence-electron chi connectivity index (χ0n) is 11.2. The van der Waals surface area contributed by atoms with E-state index in [9.17, 15) is 0 Å². The van der Waals surface area contributed by atoms with E-state index in [0.717, 1.165) is 24.4 Å². The van der Waals surface area contributed by atoms with E-state index >= 15 is 0 Å². The highest BCUT2D eigenvalue weighted by Crippen LogP contribution is 2.27. The second kappa shape index (κ2) is 9.40. The van der Waals surface area contributed by atoms with Crippen molar-refractivity contribution in [1.29, 1.82) is 0 Å². The largest absolute Gasteiger partial charge is 0.492 e. The van der Waals surface area contributed by atoms with Gasteiger partial charge in [0.1, 0.15) is 5.75 Å². The van der Waals surface area contributed by atoms with Crippen molar-refractivity contribution in [3.05, 3.63) is 23.2 Å². The number of hydrogen-bond acceptors (Lipinski definition) is 3. The molecule has 0 unspecified atom stereocenters. The average molecular weight is 288 g/mol. The monoisotopic (exact) mass is 287 g/mol. The maximum Gasteiger partial charge on any atom is 0.138 e. The molecule has 0 saturated carbocycles. The number of halogens is 1. The topological polar surface area (TPSA) is 21.3 Å². The van der Waals surface area contributed by atoms with Gasteiger partial charge in [-0.25, -0.2) is 0 Å². The van der Waals surface area contributed by atoms with Gasteiger partial charge in [0.15, 0.2) is 0 Å². The Kier molecular flexibility index (Phi) is 8.10. The SMILES string of the molecule is CCCOc1ccc(NCCCCSC)cc1Cl. The molecule has 0 radical (unpaired) electrons. The second-order valence-electron chi connectivity index (χ2n) is 4.12. The van der Waals surface area contributed by atoms with Crippen molar-refractivity contribution in [3.63, 3.8) is 0 Å². The molecule has 1 N–H and O–H groups in total. The Morgan fingerprint density at radius 1 is 1.33 bits per heavy atom. The van der Waals surface area contributed by atoms with Crippen molar-refractivity contribution in [3.8, 4) is 5.75 Å². The summed E-state index contributed by atoms with van der Waals surface area (Å²) in [7, 11) is 0. The third-order valence-corrected chi connectivity index (χ3v) is 3.49. The van der Waals surface area contributed by atoms with Crippen molar-refractivity contribution in [2.45, 2.75) is 26.2 Å². The number of hydrogen-bond donors (Lipinski definition) is 1. The number of nitrogens with one attached hydrogen (secondary N) is 1. The smallest absolute Gasteiger partial charge is 0.138 e. The zero-order valence-corrected chi connectivity index (χ0v) is 12.7. The first-order chi connectivity index (χ1) is 8.77. The lowest BCUT2D eigenvalue weighted by atomic mass is 10.2. The molecule has 0 bridgehead atoms. The summed E-state index contributed by atoms with van der Waals surface area (Å²) in [5.74, 6) is 2.00. The zero-order chi connectivity index (χ0) is 13.2. The Hall–Kier alpha value is -0.540. The molecule has 4 heteroatoms. The van der Waals surface area contributed by atoms with E-state index in [1.807, 2.05) is 30.0 Å². The lowest BCUT2D eigenvalue weighted by Gasteiger charge is -2.10. The van der Waals surface area contributed by atoms with E-state index in [0.29, 0.717) is 11.6 Å². The Morgan fingerprint density at radius 2 is 2.17 bits per heavy atom. The summed E-state index contributed by atoms with van der Waals surface area (Å²) in [4.78, 5) is 0. The molecule has 0 aliphatic heterocycles. The normalized spacial score (nSPS) is 10.4. The van der Waals surface area contributed by atoms with Crippen LogP contribution in [0, 0.1) is 0 Å². The molecule has 0 aliphatic carbocycles. The first-order valence-electron chi connectivity index (χ1n) is 6.43. The van der Waals surface area contributed by atoms with Gasteiger partial charge in [-0.15, -0.1) is 0 Å². The average Bonchev–Trinajstić information content (AvgIpc) is 2.37. The second-order valence-corrected chi connectivity index (χ2v) is 5.51. The molecule has 0 fully saturated rings. The summed E-state index contributed by atoms with van der Waals surface area (Å²) >= 11 is 8.05. The van der Waals surface area contributed by atoms with Gasteiger partial charge in [0.25, 0.3) is 0 Å². The maximum absolute atomic E-state index is 6.16. The van der Waals surface area contributed by atoms with E-state index in [4.69, 9.17) is 16.3 Å². The summed E-state index contributed by atoms with van der Waals surface area (Å²) in [5.41, 5.74) is 1.06. The minimum atomic E-state index is 0.678. The van der Waals surface area contributed by atoms with E-state index in [-0.39, 0.29) is 0 Å². The molecule has 0 heterocycles. The van der Waals surface area contributed by atoms with Crippen LogP contribution in [0.25, 0.3) is 0 Å². The van der Waals surface area contributed by atoms with Crippen molar-refractivity contribution < 1.29 is 4.74 Å². The van der Waals surface area contributed by atoms with Gasteiger partial charge in [-0.2, -0.15) is 11.8 Å². The Balaban J connectivity index is 2.36. The Morgan fingerprint density at radius 3 is 2.83 bits per heavy atom. The standard InChI is InChI=1S/C14H22ClNOS/c1-3-9-17-14-7-6-12(11-13(14)15)16-8-4-5-10-18-2/h6-7,11,16H,3-5,8-10H2,1-2H3. The van der Waals surface area contributed by atoms with Crippen LogP contribution in [0.15, 0.2) is 18.2 Å². The molecule has 1 aromatic carbocycles. The van der Waals surface area contributed by atoms with Gasteiger partial charge in [-0.3, -0.25) is 0 Å². The van der Waals surface area contributed by atoms with Crippen LogP contribution in [-0.4, -0.2) is 25.2 Å². The van der Waals surface area contributed by atoms with Crippen LogP contribution in [-0.2, 0) is 0 Å². The van der Waals surface area contributed by atoms with Crippen LogP contribution in [0.3, 0.4) is 0 Å². The van der Waals surface area contributed by atoms with Crippen LogP contribution in [0.1, 0.15) is 26.2 Å². The molecular formula is C14H22ClNOS. The number of rotatable bonds is 9.